The number of carbonyl (C=O) groups is 1. The van der Waals surface area contributed by atoms with E-state index in [0.717, 1.165) is 44.3 Å². The number of hydrogen-bond acceptors (Lipinski definition) is 6. The van der Waals surface area contributed by atoms with Gasteiger partial charge in [0.05, 0.1) is 10.5 Å². The van der Waals surface area contributed by atoms with Gasteiger partial charge in [0.2, 0.25) is 0 Å². The smallest absolute Gasteiger partial charge is 0.267 e. The molecule has 0 aliphatic carbocycles. The second kappa shape index (κ2) is 11.7. The second-order valence-corrected chi connectivity index (χ2v) is 11.5. The molecule has 1 amide bonds. The third-order valence-electron chi connectivity index (χ3n) is 7.03. The van der Waals surface area contributed by atoms with Crippen molar-refractivity contribution in [1.29, 1.82) is 0 Å². The van der Waals surface area contributed by atoms with E-state index in [9.17, 15) is 9.59 Å². The molecule has 0 atom stereocenters. The fourth-order valence-electron chi connectivity index (χ4n) is 4.76. The monoisotopic (exact) mass is 512 g/mol. The maximum Gasteiger partial charge on any atom is 0.267 e. The molecule has 6 nitrogen and oxygen atoms in total. The molecule has 2 aromatic rings. The molecule has 0 radical (unpaired) electrons. The quantitative estimate of drug-likeness (QED) is 0.240. The van der Waals surface area contributed by atoms with Crippen LogP contribution in [0.4, 0.5) is 5.82 Å². The number of anilines is 1. The van der Waals surface area contributed by atoms with Crippen LogP contribution in [-0.4, -0.2) is 44.1 Å². The van der Waals surface area contributed by atoms with Gasteiger partial charge in [-0.3, -0.25) is 18.9 Å². The fraction of sp³-hybridized carbons (Fsp3) is 0.556. The van der Waals surface area contributed by atoms with Crippen LogP contribution in [0.1, 0.15) is 76.3 Å². The second-order valence-electron chi connectivity index (χ2n) is 9.81. The van der Waals surface area contributed by atoms with Crippen LogP contribution < -0.4 is 10.5 Å². The lowest BCUT2D eigenvalue weighted by Gasteiger charge is -2.32. The highest BCUT2D eigenvalue weighted by Gasteiger charge is 2.33. The van der Waals surface area contributed by atoms with Gasteiger partial charge in [-0.25, -0.2) is 4.98 Å². The minimum Gasteiger partial charge on any atom is -0.356 e. The average molecular weight is 513 g/mol. The first-order chi connectivity index (χ1) is 16.9. The largest absolute Gasteiger partial charge is 0.356 e. The first-order valence-corrected chi connectivity index (χ1v) is 14.2. The van der Waals surface area contributed by atoms with Crippen molar-refractivity contribution in [2.75, 3.05) is 24.5 Å². The number of thioether (sulfide) groups is 1. The minimum absolute atomic E-state index is 0.0967. The zero-order chi connectivity index (χ0) is 24.9. The molecule has 4 rings (SSSR count). The van der Waals surface area contributed by atoms with E-state index in [0.29, 0.717) is 38.7 Å². The molecule has 0 bridgehead atoms. The molecular weight excluding hydrogens is 476 g/mol. The molecule has 4 heterocycles. The summed E-state index contributed by atoms with van der Waals surface area (Å²) in [5.41, 5.74) is 1.95. The number of nitrogens with zero attached hydrogens (tertiary/aromatic N) is 4. The van der Waals surface area contributed by atoms with Gasteiger partial charge in [0.1, 0.15) is 15.8 Å². The highest BCUT2D eigenvalue weighted by atomic mass is 32.2. The first kappa shape index (κ1) is 25.9. The van der Waals surface area contributed by atoms with Gasteiger partial charge in [-0.2, -0.15) is 0 Å². The Kier molecular flexibility index (Phi) is 8.65. The molecule has 0 unspecified atom stereocenters. The summed E-state index contributed by atoms with van der Waals surface area (Å²) in [6.45, 7) is 8.79. The first-order valence-electron chi connectivity index (χ1n) is 12.9. The molecule has 2 aliphatic rings. The molecule has 2 saturated heterocycles. The Hall–Kier alpha value is -2.19. The summed E-state index contributed by atoms with van der Waals surface area (Å²) in [5, 5.41) is 0. The number of aryl methyl sites for hydroxylation is 1. The third kappa shape index (κ3) is 5.80. The van der Waals surface area contributed by atoms with E-state index >= 15 is 0 Å². The minimum atomic E-state index is -0.145. The van der Waals surface area contributed by atoms with E-state index in [4.69, 9.17) is 17.2 Å². The number of amides is 1. The van der Waals surface area contributed by atoms with E-state index in [1.54, 1.807) is 21.6 Å². The maximum absolute atomic E-state index is 13.6. The molecule has 2 fully saturated rings. The predicted octanol–water partition coefficient (Wildman–Crippen LogP) is 5.80. The van der Waals surface area contributed by atoms with Gasteiger partial charge in [0, 0.05) is 25.8 Å². The molecule has 8 heteroatoms. The maximum atomic E-state index is 13.6. The van der Waals surface area contributed by atoms with Gasteiger partial charge in [0.15, 0.2) is 0 Å². The number of hydrogen-bond donors (Lipinski definition) is 0. The number of rotatable bonds is 9. The normalized spacial score (nSPS) is 18.4. The number of unbranched alkanes of at least 4 members (excludes halogenated alkanes) is 5. The average Bonchev–Trinajstić information content (AvgIpc) is 3.11. The number of aromatic nitrogens is 2. The highest BCUT2D eigenvalue weighted by Crippen LogP contribution is 2.34. The molecule has 2 aromatic heterocycles. The van der Waals surface area contributed by atoms with Gasteiger partial charge in [-0.05, 0) is 49.8 Å². The molecular formula is C27H36N4O2S2. The molecule has 2 aliphatic heterocycles. The van der Waals surface area contributed by atoms with Crippen LogP contribution in [0.5, 0.6) is 0 Å². The third-order valence-corrected chi connectivity index (χ3v) is 8.41. The number of piperidine rings is 1. The van der Waals surface area contributed by atoms with Gasteiger partial charge < -0.3 is 4.90 Å². The molecule has 0 aromatic carbocycles. The van der Waals surface area contributed by atoms with E-state index in [2.05, 4.69) is 18.7 Å². The molecule has 0 N–H and O–H groups in total. The van der Waals surface area contributed by atoms with E-state index in [-0.39, 0.29) is 11.5 Å². The highest BCUT2D eigenvalue weighted by molar-refractivity contribution is 8.26. The van der Waals surface area contributed by atoms with E-state index in [1.165, 1.54) is 37.4 Å². The van der Waals surface area contributed by atoms with Gasteiger partial charge in [-0.15, -0.1) is 0 Å². The van der Waals surface area contributed by atoms with Crippen molar-refractivity contribution in [3.05, 3.63) is 44.7 Å². The van der Waals surface area contributed by atoms with Crippen molar-refractivity contribution in [2.45, 2.75) is 72.1 Å². The van der Waals surface area contributed by atoms with Crippen LogP contribution >= 0.6 is 24.0 Å². The Morgan fingerprint density at radius 3 is 2.60 bits per heavy atom. The summed E-state index contributed by atoms with van der Waals surface area (Å²) in [6, 6.07) is 3.83. The van der Waals surface area contributed by atoms with Crippen LogP contribution in [0, 0.1) is 12.8 Å². The topological polar surface area (TPSA) is 57.9 Å². The van der Waals surface area contributed by atoms with Crippen molar-refractivity contribution in [2.24, 2.45) is 5.92 Å². The van der Waals surface area contributed by atoms with Crippen molar-refractivity contribution < 1.29 is 4.79 Å². The van der Waals surface area contributed by atoms with Crippen molar-refractivity contribution in [3.8, 4) is 0 Å². The van der Waals surface area contributed by atoms with Crippen molar-refractivity contribution in [3.63, 3.8) is 0 Å². The summed E-state index contributed by atoms with van der Waals surface area (Å²) >= 11 is 6.84. The van der Waals surface area contributed by atoms with Crippen LogP contribution in [0.2, 0.25) is 0 Å². The Bertz CT molecular complexity index is 1180. The molecule has 188 valence electrons. The summed E-state index contributed by atoms with van der Waals surface area (Å²) in [5.74, 6) is 1.24. The summed E-state index contributed by atoms with van der Waals surface area (Å²) in [6.07, 6.45) is 12.6. The Morgan fingerprint density at radius 2 is 1.86 bits per heavy atom. The van der Waals surface area contributed by atoms with E-state index in [1.807, 2.05) is 19.1 Å². The molecule has 0 spiro atoms. The predicted molar refractivity (Wildman–Crippen MR) is 150 cm³/mol. The summed E-state index contributed by atoms with van der Waals surface area (Å²) in [7, 11) is 0. The summed E-state index contributed by atoms with van der Waals surface area (Å²) in [4.78, 5) is 36.3. The lowest BCUT2D eigenvalue weighted by molar-refractivity contribution is -0.122. The SMILES string of the molecule is CCCCCCCCN1C(=O)/C(=C\c2c(N3CCC(C)CC3)nc3c(C)cccn3c2=O)SC1=S. The zero-order valence-corrected chi connectivity index (χ0v) is 22.7. The van der Waals surface area contributed by atoms with Crippen molar-refractivity contribution >= 4 is 51.7 Å². The summed E-state index contributed by atoms with van der Waals surface area (Å²) < 4.78 is 2.17. The Balaban J connectivity index is 1.63. The number of thiocarbonyl (C=S) groups is 1. The van der Waals surface area contributed by atoms with Crippen LogP contribution in [0.25, 0.3) is 11.7 Å². The number of carbonyl (C=O) groups excluding carboxylic acids is 1. The van der Waals surface area contributed by atoms with Crippen LogP contribution in [0.15, 0.2) is 28.0 Å². The van der Waals surface area contributed by atoms with Crippen LogP contribution in [-0.2, 0) is 4.79 Å². The van der Waals surface area contributed by atoms with Gasteiger partial charge in [-0.1, -0.05) is 76.0 Å². The number of pyridine rings is 1. The Morgan fingerprint density at radius 1 is 1.14 bits per heavy atom. The zero-order valence-electron chi connectivity index (χ0n) is 21.1. The van der Waals surface area contributed by atoms with Gasteiger partial charge in [0.25, 0.3) is 11.5 Å². The van der Waals surface area contributed by atoms with Gasteiger partial charge >= 0.3 is 0 Å². The standard InChI is InChI=1S/C27H36N4O2S2/c1-4-5-6-7-8-9-14-31-26(33)22(35-27(31)34)18-21-24(29-16-12-19(2)13-17-29)28-23-20(3)11-10-15-30(23)25(21)32/h10-11,15,18-19H,4-9,12-14,16-17H2,1-3H3/b22-18+. The van der Waals surface area contributed by atoms with Crippen LogP contribution in [0.3, 0.4) is 0 Å². The lowest BCUT2D eigenvalue weighted by Crippen LogP contribution is -2.36. The van der Waals surface area contributed by atoms with Crippen molar-refractivity contribution in [1.82, 2.24) is 14.3 Å². The van der Waals surface area contributed by atoms with E-state index < -0.39 is 0 Å². The lowest BCUT2D eigenvalue weighted by atomic mass is 9.99. The number of fused-ring (bicyclic) bond motifs is 1. The Labute approximate surface area is 217 Å². The molecule has 35 heavy (non-hydrogen) atoms. The molecule has 0 saturated carbocycles. The fourth-order valence-corrected chi connectivity index (χ4v) is 6.05.